The van der Waals surface area contributed by atoms with Crippen LogP contribution in [0.3, 0.4) is 0 Å². The van der Waals surface area contributed by atoms with E-state index < -0.39 is 53.5 Å². The van der Waals surface area contributed by atoms with Gasteiger partial charge in [-0.3, -0.25) is 19.2 Å². The first-order valence-corrected chi connectivity index (χ1v) is 17.2. The van der Waals surface area contributed by atoms with Gasteiger partial charge in [-0.2, -0.15) is 0 Å². The maximum absolute atomic E-state index is 13.1. The minimum Gasteiger partial charge on any atom is -0.393 e. The van der Waals surface area contributed by atoms with E-state index in [1.54, 1.807) is 0 Å². The summed E-state index contributed by atoms with van der Waals surface area (Å²) >= 11 is 0. The quantitative estimate of drug-likeness (QED) is 0.103. The second-order valence-corrected chi connectivity index (χ2v) is 13.1. The molecule has 0 N–H and O–H groups in total. The van der Waals surface area contributed by atoms with Crippen molar-refractivity contribution in [2.45, 2.75) is 127 Å². The summed E-state index contributed by atoms with van der Waals surface area (Å²) in [5, 5.41) is 0. The van der Waals surface area contributed by atoms with Crippen molar-refractivity contribution in [3.63, 3.8) is 0 Å². The highest BCUT2D eigenvalue weighted by molar-refractivity contribution is 6.02. The number of unbranched alkanes of at least 4 members (excludes halogenated alkanes) is 13. The summed E-state index contributed by atoms with van der Waals surface area (Å²) in [6.45, 7) is 2.27. The number of benzene rings is 2. The second-order valence-electron chi connectivity index (χ2n) is 13.1. The lowest BCUT2D eigenvalue weighted by molar-refractivity contribution is -0.155. The van der Waals surface area contributed by atoms with Crippen molar-refractivity contribution in [2.75, 3.05) is 0 Å². The largest absolute Gasteiger partial charge is 0.393 e. The van der Waals surface area contributed by atoms with Gasteiger partial charge in [0.15, 0.2) is 0 Å². The Balaban J connectivity index is 1.15. The van der Waals surface area contributed by atoms with Crippen LogP contribution in [0.1, 0.15) is 143 Å². The molecule has 3 aliphatic rings. The first-order valence-electron chi connectivity index (χ1n) is 17.2. The fourth-order valence-corrected chi connectivity index (χ4v) is 7.78. The van der Waals surface area contributed by atoms with Crippen molar-refractivity contribution in [1.82, 2.24) is 0 Å². The highest BCUT2D eigenvalue weighted by Gasteiger charge is 2.59. The third-order valence-electron chi connectivity index (χ3n) is 10.1. The number of fused-ring (bicyclic) bond motifs is 3. The van der Waals surface area contributed by atoms with Gasteiger partial charge in [-0.25, -0.2) is 0 Å². The van der Waals surface area contributed by atoms with Gasteiger partial charge in [0.05, 0.1) is 24.2 Å². The molecule has 44 heavy (non-hydrogen) atoms. The van der Waals surface area contributed by atoms with Crippen molar-refractivity contribution >= 4 is 23.9 Å². The number of hydrogen-bond donors (Lipinski definition) is 0. The molecular weight excluding hydrogens is 552 g/mol. The summed E-state index contributed by atoms with van der Waals surface area (Å²) in [4.78, 5) is 51.0. The van der Waals surface area contributed by atoms with Crippen molar-refractivity contribution in [3.8, 4) is 0 Å². The fraction of sp³-hybridized carbons (Fsp3) is 0.579. The topological polar surface area (TPSA) is 86.7 Å². The Morgan fingerprint density at radius 1 is 0.568 bits per heavy atom. The Labute approximate surface area is 262 Å². The molecule has 2 saturated heterocycles. The van der Waals surface area contributed by atoms with E-state index in [-0.39, 0.29) is 6.42 Å². The molecule has 6 heteroatoms. The number of hydrogen-bond acceptors (Lipinski definition) is 6. The van der Waals surface area contributed by atoms with Crippen molar-refractivity contribution in [3.05, 3.63) is 70.8 Å². The van der Waals surface area contributed by atoms with Gasteiger partial charge in [-0.1, -0.05) is 139 Å². The van der Waals surface area contributed by atoms with Crippen LogP contribution in [0.2, 0.25) is 0 Å². The van der Waals surface area contributed by atoms with E-state index in [0.717, 1.165) is 24.0 Å². The molecule has 5 unspecified atom stereocenters. The molecule has 2 heterocycles. The zero-order valence-electron chi connectivity index (χ0n) is 26.3. The molecule has 2 aliphatic heterocycles. The van der Waals surface area contributed by atoms with Crippen molar-refractivity contribution in [2.24, 2.45) is 11.8 Å². The number of carbonyl (C=O) groups excluding carboxylic acids is 4. The maximum Gasteiger partial charge on any atom is 0.321 e. The molecule has 1 aliphatic carbocycles. The van der Waals surface area contributed by atoms with Gasteiger partial charge in [0.2, 0.25) is 0 Å². The van der Waals surface area contributed by atoms with Gasteiger partial charge in [-0.15, -0.1) is 0 Å². The van der Waals surface area contributed by atoms with Crippen LogP contribution in [0.15, 0.2) is 48.5 Å². The maximum atomic E-state index is 13.1. The number of esters is 4. The summed E-state index contributed by atoms with van der Waals surface area (Å²) in [6.07, 6.45) is 19.7. The zero-order chi connectivity index (χ0) is 30.9. The Morgan fingerprint density at radius 2 is 1.14 bits per heavy atom. The predicted octanol–water partition coefficient (Wildman–Crippen LogP) is 8.46. The van der Waals surface area contributed by atoms with E-state index in [0.29, 0.717) is 5.56 Å². The van der Waals surface area contributed by atoms with E-state index in [4.69, 9.17) is 9.47 Å². The molecule has 0 saturated carbocycles. The molecule has 0 radical (unpaired) electrons. The number of ether oxygens (including phenoxy) is 2. The van der Waals surface area contributed by atoms with Gasteiger partial charge >= 0.3 is 23.9 Å². The van der Waals surface area contributed by atoms with Crippen LogP contribution in [0.25, 0.3) is 0 Å². The summed E-state index contributed by atoms with van der Waals surface area (Å²) in [5.74, 6) is -5.35. The summed E-state index contributed by atoms with van der Waals surface area (Å²) in [7, 11) is 0. The highest BCUT2D eigenvalue weighted by atomic mass is 16.6. The average molecular weight is 601 g/mol. The van der Waals surface area contributed by atoms with Crippen molar-refractivity contribution in [1.29, 1.82) is 0 Å². The van der Waals surface area contributed by atoms with Crippen LogP contribution >= 0.6 is 0 Å². The van der Waals surface area contributed by atoms with Crippen molar-refractivity contribution < 1.29 is 28.7 Å². The number of cyclic esters (lactones) is 4. The molecule has 2 aromatic rings. The molecular formula is C38H48O6. The van der Waals surface area contributed by atoms with E-state index in [2.05, 4.69) is 19.1 Å². The first-order chi connectivity index (χ1) is 21.5. The van der Waals surface area contributed by atoms with Crippen LogP contribution in [0.5, 0.6) is 0 Å². The van der Waals surface area contributed by atoms with Gasteiger partial charge in [0.1, 0.15) is 0 Å². The standard InChI is InChI=1S/C38H48O6/c1-2-3-4-5-6-7-8-9-10-11-12-13-14-15-18-26-21-23-27(24-22-26)32-33(30-25-31(39)43-36(30)40)28-19-16-17-20-29(28)34-35(32)38(42)44-37(34)41/h16-17,19-24,30,32-35H,2-15,18,25H2,1H3. The summed E-state index contributed by atoms with van der Waals surface area (Å²) in [6, 6.07) is 15.7. The average Bonchev–Trinajstić information content (AvgIpc) is 3.52. The van der Waals surface area contributed by atoms with Gasteiger partial charge in [-0.05, 0) is 35.1 Å². The third kappa shape index (κ3) is 7.50. The minimum atomic E-state index is -0.748. The van der Waals surface area contributed by atoms with Gasteiger partial charge in [0.25, 0.3) is 0 Å². The third-order valence-corrected chi connectivity index (χ3v) is 10.1. The number of rotatable bonds is 17. The zero-order valence-corrected chi connectivity index (χ0v) is 26.3. The lowest BCUT2D eigenvalue weighted by atomic mass is 9.59. The van der Waals surface area contributed by atoms with E-state index >= 15 is 0 Å². The predicted molar refractivity (Wildman–Crippen MR) is 169 cm³/mol. The molecule has 6 nitrogen and oxygen atoms in total. The monoisotopic (exact) mass is 600 g/mol. The van der Waals surface area contributed by atoms with E-state index in [1.165, 1.54) is 89.0 Å². The molecule has 0 amide bonds. The van der Waals surface area contributed by atoms with Crippen LogP contribution in [-0.4, -0.2) is 23.9 Å². The lowest BCUT2D eigenvalue weighted by Crippen LogP contribution is -2.38. The Kier molecular flexibility index (Phi) is 11.4. The van der Waals surface area contributed by atoms with Gasteiger partial charge in [0, 0.05) is 11.8 Å². The molecule has 2 fully saturated rings. The van der Waals surface area contributed by atoms with Gasteiger partial charge < -0.3 is 9.47 Å². The fourth-order valence-electron chi connectivity index (χ4n) is 7.78. The molecule has 2 aromatic carbocycles. The minimum absolute atomic E-state index is 0.0358. The number of aryl methyl sites for hydroxylation is 1. The van der Waals surface area contributed by atoms with E-state index in [9.17, 15) is 19.2 Å². The first kappa shape index (κ1) is 32.1. The van der Waals surface area contributed by atoms with E-state index in [1.807, 2.05) is 36.4 Å². The number of carbonyl (C=O) groups is 4. The molecule has 0 bridgehead atoms. The van der Waals surface area contributed by atoms with Crippen LogP contribution in [-0.2, 0) is 35.1 Å². The lowest BCUT2D eigenvalue weighted by Gasteiger charge is -2.40. The smallest absolute Gasteiger partial charge is 0.321 e. The molecule has 0 spiro atoms. The second kappa shape index (κ2) is 15.6. The Hall–Kier alpha value is -3.28. The van der Waals surface area contributed by atoms with Crippen LogP contribution in [0, 0.1) is 11.8 Å². The molecule has 0 aromatic heterocycles. The molecule has 236 valence electrons. The summed E-state index contributed by atoms with van der Waals surface area (Å²) < 4.78 is 10.1. The van der Waals surface area contributed by atoms with Crippen LogP contribution < -0.4 is 0 Å². The molecule has 5 atom stereocenters. The Morgan fingerprint density at radius 3 is 1.70 bits per heavy atom. The SMILES string of the molecule is CCCCCCCCCCCCCCCCc1ccc(C2C3C(=O)OC(=O)C3c3ccccc3C2C2CC(=O)OC2=O)cc1. The normalized spacial score (nSPS) is 24.2. The molecule has 5 rings (SSSR count). The highest BCUT2D eigenvalue weighted by Crippen LogP contribution is 2.58. The Bertz CT molecular complexity index is 1300. The summed E-state index contributed by atoms with van der Waals surface area (Å²) in [5.41, 5.74) is 3.63. The van der Waals surface area contributed by atoms with Crippen LogP contribution in [0.4, 0.5) is 0 Å².